The molecule has 2 nitrogen and oxygen atoms in total. The van der Waals surface area contributed by atoms with Crippen LogP contribution in [0.2, 0.25) is 0 Å². The Labute approximate surface area is 105 Å². The minimum absolute atomic E-state index is 0.651. The number of nitrogens with two attached hydrogens (primary N) is 1. The fourth-order valence-electron chi connectivity index (χ4n) is 2.92. The number of benzene rings is 1. The zero-order chi connectivity index (χ0) is 12.3. The van der Waals surface area contributed by atoms with Gasteiger partial charge in [-0.1, -0.05) is 25.1 Å². The highest BCUT2D eigenvalue weighted by atomic mass is 15.2. The van der Waals surface area contributed by atoms with E-state index in [2.05, 4.69) is 43.0 Å². The van der Waals surface area contributed by atoms with Crippen LogP contribution < -0.4 is 10.6 Å². The SMILES string of the molecule is CC1CCN(c2ccccc2CCN)C(C)C1. The Morgan fingerprint density at radius 1 is 1.29 bits per heavy atom. The molecule has 1 aromatic rings. The maximum Gasteiger partial charge on any atom is 0.0401 e. The van der Waals surface area contributed by atoms with Crippen molar-refractivity contribution in [3.05, 3.63) is 29.8 Å². The van der Waals surface area contributed by atoms with Gasteiger partial charge in [-0.2, -0.15) is 0 Å². The summed E-state index contributed by atoms with van der Waals surface area (Å²) in [5.41, 5.74) is 8.50. The van der Waals surface area contributed by atoms with Crippen LogP contribution in [0.3, 0.4) is 0 Å². The van der Waals surface area contributed by atoms with E-state index in [1.807, 2.05) is 0 Å². The van der Waals surface area contributed by atoms with Crippen LogP contribution in [0.4, 0.5) is 5.69 Å². The van der Waals surface area contributed by atoms with Gasteiger partial charge in [0.2, 0.25) is 0 Å². The van der Waals surface area contributed by atoms with Crippen molar-refractivity contribution in [3.8, 4) is 0 Å². The molecule has 2 unspecified atom stereocenters. The van der Waals surface area contributed by atoms with Crippen molar-refractivity contribution in [2.45, 2.75) is 39.2 Å². The first-order valence-electron chi connectivity index (χ1n) is 6.77. The van der Waals surface area contributed by atoms with Gasteiger partial charge in [0.05, 0.1) is 0 Å². The smallest absolute Gasteiger partial charge is 0.0401 e. The molecule has 17 heavy (non-hydrogen) atoms. The summed E-state index contributed by atoms with van der Waals surface area (Å²) in [6, 6.07) is 9.37. The van der Waals surface area contributed by atoms with Gasteiger partial charge in [-0.25, -0.2) is 0 Å². The molecule has 1 aliphatic heterocycles. The minimum Gasteiger partial charge on any atom is -0.369 e. The lowest BCUT2D eigenvalue weighted by atomic mass is 9.92. The van der Waals surface area contributed by atoms with E-state index in [-0.39, 0.29) is 0 Å². The number of anilines is 1. The highest BCUT2D eigenvalue weighted by Crippen LogP contribution is 2.30. The number of hydrogen-bond donors (Lipinski definition) is 1. The van der Waals surface area contributed by atoms with Crippen LogP contribution in [0.25, 0.3) is 0 Å². The van der Waals surface area contributed by atoms with Gasteiger partial charge in [-0.15, -0.1) is 0 Å². The van der Waals surface area contributed by atoms with E-state index in [1.165, 1.54) is 30.6 Å². The third-order valence-corrected chi connectivity index (χ3v) is 3.85. The summed E-state index contributed by atoms with van der Waals surface area (Å²) in [5, 5.41) is 0. The van der Waals surface area contributed by atoms with Gasteiger partial charge in [-0.05, 0) is 50.3 Å². The van der Waals surface area contributed by atoms with Crippen LogP contribution in [0, 0.1) is 5.92 Å². The molecule has 2 N–H and O–H groups in total. The summed E-state index contributed by atoms with van der Waals surface area (Å²) in [4.78, 5) is 2.56. The molecular formula is C15H24N2. The van der Waals surface area contributed by atoms with E-state index in [4.69, 9.17) is 5.73 Å². The molecule has 94 valence electrons. The van der Waals surface area contributed by atoms with Gasteiger partial charge < -0.3 is 10.6 Å². The van der Waals surface area contributed by atoms with Gasteiger partial charge in [0, 0.05) is 18.3 Å². The molecule has 0 aromatic heterocycles. The molecule has 0 aliphatic carbocycles. The second-order valence-corrected chi connectivity index (χ2v) is 5.34. The predicted octanol–water partition coefficient (Wildman–Crippen LogP) is 2.81. The van der Waals surface area contributed by atoms with Gasteiger partial charge in [0.1, 0.15) is 0 Å². The zero-order valence-corrected chi connectivity index (χ0v) is 11.0. The maximum atomic E-state index is 5.70. The van der Waals surface area contributed by atoms with E-state index in [0.717, 1.165) is 18.9 Å². The third-order valence-electron chi connectivity index (χ3n) is 3.85. The summed E-state index contributed by atoms with van der Waals surface area (Å²) in [7, 11) is 0. The van der Waals surface area contributed by atoms with Crippen LogP contribution in [0.5, 0.6) is 0 Å². The Hall–Kier alpha value is -1.02. The first-order chi connectivity index (χ1) is 8.22. The molecule has 1 saturated heterocycles. The normalized spacial score (nSPS) is 25.0. The zero-order valence-electron chi connectivity index (χ0n) is 11.0. The fourth-order valence-corrected chi connectivity index (χ4v) is 2.92. The largest absolute Gasteiger partial charge is 0.369 e. The van der Waals surface area contributed by atoms with Gasteiger partial charge in [0.15, 0.2) is 0 Å². The Morgan fingerprint density at radius 3 is 2.76 bits per heavy atom. The van der Waals surface area contributed by atoms with Crippen LogP contribution >= 0.6 is 0 Å². The summed E-state index contributed by atoms with van der Waals surface area (Å²) < 4.78 is 0. The topological polar surface area (TPSA) is 29.3 Å². The van der Waals surface area contributed by atoms with E-state index < -0.39 is 0 Å². The molecule has 2 rings (SSSR count). The van der Waals surface area contributed by atoms with Crippen LogP contribution in [-0.2, 0) is 6.42 Å². The van der Waals surface area contributed by atoms with E-state index in [9.17, 15) is 0 Å². The molecule has 1 aliphatic rings. The van der Waals surface area contributed by atoms with E-state index in [0.29, 0.717) is 6.04 Å². The second-order valence-electron chi connectivity index (χ2n) is 5.34. The molecular weight excluding hydrogens is 208 g/mol. The fraction of sp³-hybridized carbons (Fsp3) is 0.600. The van der Waals surface area contributed by atoms with Crippen molar-refractivity contribution in [3.63, 3.8) is 0 Å². The van der Waals surface area contributed by atoms with Crippen LogP contribution in [-0.4, -0.2) is 19.1 Å². The second kappa shape index (κ2) is 5.54. The van der Waals surface area contributed by atoms with Gasteiger partial charge in [0.25, 0.3) is 0 Å². The summed E-state index contributed by atoms with van der Waals surface area (Å²) in [6.45, 7) is 6.62. The summed E-state index contributed by atoms with van der Waals surface area (Å²) in [6.07, 6.45) is 3.59. The number of para-hydroxylation sites is 1. The minimum atomic E-state index is 0.651. The average molecular weight is 232 g/mol. The van der Waals surface area contributed by atoms with Crippen molar-refractivity contribution in [1.82, 2.24) is 0 Å². The monoisotopic (exact) mass is 232 g/mol. The molecule has 0 spiro atoms. The van der Waals surface area contributed by atoms with E-state index in [1.54, 1.807) is 0 Å². The van der Waals surface area contributed by atoms with Crippen molar-refractivity contribution in [1.29, 1.82) is 0 Å². The molecule has 1 fully saturated rings. The average Bonchev–Trinajstić information content (AvgIpc) is 2.31. The van der Waals surface area contributed by atoms with Gasteiger partial charge >= 0.3 is 0 Å². The lowest BCUT2D eigenvalue weighted by molar-refractivity contribution is 0.377. The van der Waals surface area contributed by atoms with Crippen LogP contribution in [0.1, 0.15) is 32.3 Å². The number of nitrogens with zero attached hydrogens (tertiary/aromatic N) is 1. The van der Waals surface area contributed by atoms with E-state index >= 15 is 0 Å². The Morgan fingerprint density at radius 2 is 2.06 bits per heavy atom. The Balaban J connectivity index is 2.21. The first kappa shape index (κ1) is 12.4. The highest BCUT2D eigenvalue weighted by Gasteiger charge is 2.24. The summed E-state index contributed by atoms with van der Waals surface area (Å²) in [5.74, 6) is 0.864. The lowest BCUT2D eigenvalue weighted by Gasteiger charge is -2.39. The molecule has 1 heterocycles. The molecule has 2 heteroatoms. The lowest BCUT2D eigenvalue weighted by Crippen LogP contribution is -2.40. The van der Waals surface area contributed by atoms with Crippen molar-refractivity contribution < 1.29 is 0 Å². The van der Waals surface area contributed by atoms with Crippen LogP contribution in [0.15, 0.2) is 24.3 Å². The molecule has 1 aromatic carbocycles. The van der Waals surface area contributed by atoms with Crippen molar-refractivity contribution in [2.24, 2.45) is 11.7 Å². The number of hydrogen-bond acceptors (Lipinski definition) is 2. The number of rotatable bonds is 3. The predicted molar refractivity (Wildman–Crippen MR) is 74.4 cm³/mol. The molecule has 0 saturated carbocycles. The Kier molecular flexibility index (Phi) is 4.06. The summed E-state index contributed by atoms with van der Waals surface area (Å²) >= 11 is 0. The van der Waals surface area contributed by atoms with Crippen molar-refractivity contribution >= 4 is 5.69 Å². The number of piperidine rings is 1. The molecule has 2 atom stereocenters. The highest BCUT2D eigenvalue weighted by molar-refractivity contribution is 5.54. The first-order valence-corrected chi connectivity index (χ1v) is 6.77. The molecule has 0 bridgehead atoms. The Bertz CT molecular complexity index is 362. The standard InChI is InChI=1S/C15H24N2/c1-12-8-10-17(13(2)11-12)15-6-4-3-5-14(15)7-9-16/h3-6,12-13H,7-11,16H2,1-2H3. The maximum absolute atomic E-state index is 5.70. The van der Waals surface area contributed by atoms with Gasteiger partial charge in [-0.3, -0.25) is 0 Å². The molecule has 0 radical (unpaired) electrons. The molecule has 0 amide bonds. The third kappa shape index (κ3) is 2.81. The quantitative estimate of drug-likeness (QED) is 0.868. The van der Waals surface area contributed by atoms with Crippen molar-refractivity contribution in [2.75, 3.05) is 18.0 Å².